The lowest BCUT2D eigenvalue weighted by Crippen LogP contribution is -2.45. The number of Topliss-reactive ketones (excluding diaryl/α,β-unsaturated/α-hetero) is 1. The molecule has 0 saturated heterocycles. The Balaban J connectivity index is 1.52. The fourth-order valence-electron chi connectivity index (χ4n) is 6.36. The first kappa shape index (κ1) is 38.1. The minimum Gasteiger partial charge on any atom is -0.483 e. The quantitative estimate of drug-likeness (QED) is 0.104. The molecule has 4 aromatic rings. The third-order valence-corrected chi connectivity index (χ3v) is 9.04. The van der Waals surface area contributed by atoms with E-state index in [0.29, 0.717) is 30.6 Å². The number of rotatable bonds is 18. The molecule has 50 heavy (non-hydrogen) atoms. The highest BCUT2D eigenvalue weighted by Gasteiger charge is 2.31. The number of carbonyl (C=O) groups is 3. The minimum atomic E-state index is -0.916. The Kier molecular flexibility index (Phi) is 14.4. The van der Waals surface area contributed by atoms with Crippen LogP contribution in [0, 0.1) is 32.6 Å². The summed E-state index contributed by atoms with van der Waals surface area (Å²) in [5, 5.41) is 18.0. The van der Waals surface area contributed by atoms with Crippen LogP contribution >= 0.6 is 0 Å². The molecule has 4 atom stereocenters. The summed E-state index contributed by atoms with van der Waals surface area (Å²) in [7, 11) is 0. The average Bonchev–Trinajstić information content (AvgIpc) is 3.08. The average molecular weight is 677 g/mol. The highest BCUT2D eigenvalue weighted by atomic mass is 16.5. The third kappa shape index (κ3) is 12.0. The summed E-state index contributed by atoms with van der Waals surface area (Å²) in [5.41, 5.74) is 5.47. The van der Waals surface area contributed by atoms with E-state index in [4.69, 9.17) is 4.74 Å². The summed E-state index contributed by atoms with van der Waals surface area (Å²) in [4.78, 5) is 40.5. The van der Waals surface area contributed by atoms with Crippen LogP contribution in [0.25, 0.3) is 0 Å². The van der Waals surface area contributed by atoms with E-state index in [9.17, 15) is 19.5 Å². The van der Waals surface area contributed by atoms with Gasteiger partial charge in [0.2, 0.25) is 0 Å². The molecule has 0 spiro atoms. The fraction of sp³-hybridized carbons (Fsp3) is 0.372. The van der Waals surface area contributed by atoms with Crippen molar-refractivity contribution in [3.8, 4) is 5.75 Å². The van der Waals surface area contributed by atoms with Crippen molar-refractivity contribution in [2.45, 2.75) is 84.9 Å². The zero-order valence-corrected chi connectivity index (χ0v) is 30.0. The van der Waals surface area contributed by atoms with Gasteiger partial charge < -0.3 is 20.5 Å². The number of aliphatic hydroxyl groups is 1. The van der Waals surface area contributed by atoms with Gasteiger partial charge in [0.1, 0.15) is 5.75 Å². The van der Waals surface area contributed by atoms with E-state index in [1.165, 1.54) is 0 Å². The van der Waals surface area contributed by atoms with Crippen molar-refractivity contribution in [2.24, 2.45) is 11.8 Å². The number of ketones is 1. The molecule has 4 aromatic carbocycles. The maximum atomic E-state index is 14.0. The smallest absolute Gasteiger partial charge is 0.258 e. The van der Waals surface area contributed by atoms with Crippen LogP contribution in [0.15, 0.2) is 103 Å². The van der Waals surface area contributed by atoms with Crippen molar-refractivity contribution in [1.82, 2.24) is 10.6 Å². The molecule has 0 aromatic heterocycles. The van der Waals surface area contributed by atoms with Crippen LogP contribution in [-0.4, -0.2) is 47.5 Å². The summed E-state index contributed by atoms with van der Waals surface area (Å²) in [6.07, 6.45) is 0.845. The van der Waals surface area contributed by atoms with Gasteiger partial charge in [-0.2, -0.15) is 0 Å². The molecule has 0 aliphatic heterocycles. The predicted octanol–water partition coefficient (Wildman–Crippen LogP) is 7.13. The Labute approximate surface area is 297 Å². The summed E-state index contributed by atoms with van der Waals surface area (Å²) < 4.78 is 5.94. The second kappa shape index (κ2) is 18.9. The van der Waals surface area contributed by atoms with Crippen molar-refractivity contribution in [3.63, 3.8) is 0 Å². The summed E-state index contributed by atoms with van der Waals surface area (Å²) in [5.74, 6) is -0.295. The number of nitrogens with one attached hydrogen (secondary N) is 2. The van der Waals surface area contributed by atoms with Gasteiger partial charge in [-0.05, 0) is 92.7 Å². The molecule has 0 aliphatic rings. The molecule has 0 heterocycles. The van der Waals surface area contributed by atoms with Gasteiger partial charge in [-0.1, -0.05) is 110 Å². The lowest BCUT2D eigenvalue weighted by atomic mass is 9.83. The first-order valence-electron chi connectivity index (χ1n) is 17.6. The van der Waals surface area contributed by atoms with Crippen LogP contribution in [-0.2, 0) is 22.4 Å². The Bertz CT molecular complexity index is 1650. The van der Waals surface area contributed by atoms with Crippen molar-refractivity contribution >= 4 is 17.6 Å². The standard InChI is InChI=1S/C43H52N2O5/c1-29(2)23-38(45-43(49)35-21-19-30(3)20-22-35)40(47)26-36(24-33-15-8-6-9-16-33)39(46)27-37(25-34-17-10-7-11-18-34)44-41(48)28-50-42-31(4)13-12-14-32(42)5/h6-22,29,36-39,46H,23-28H2,1-5H3,(H,44,48)(H,45,49)/t36-,37+,38+,39+/m1/s1. The molecule has 7 heteroatoms. The van der Waals surface area contributed by atoms with Gasteiger partial charge in [0.15, 0.2) is 12.4 Å². The number of ether oxygens (including phenoxy) is 1. The Hall–Kier alpha value is -4.75. The molecule has 0 saturated carbocycles. The van der Waals surface area contributed by atoms with Gasteiger partial charge >= 0.3 is 0 Å². The normalized spacial score (nSPS) is 13.6. The van der Waals surface area contributed by atoms with Gasteiger partial charge in [0.05, 0.1) is 12.1 Å². The van der Waals surface area contributed by atoms with Crippen molar-refractivity contribution in [3.05, 3.63) is 137 Å². The second-order valence-corrected chi connectivity index (χ2v) is 13.9. The molecule has 4 rings (SSSR count). The van der Waals surface area contributed by atoms with Crippen molar-refractivity contribution in [2.75, 3.05) is 6.61 Å². The maximum absolute atomic E-state index is 14.0. The second-order valence-electron chi connectivity index (χ2n) is 13.9. The van der Waals surface area contributed by atoms with Gasteiger partial charge in [-0.25, -0.2) is 0 Å². The Morgan fingerprint density at radius 1 is 0.700 bits per heavy atom. The van der Waals surface area contributed by atoms with Crippen LogP contribution in [0.1, 0.15) is 71.3 Å². The first-order chi connectivity index (χ1) is 24.0. The number of para-hydroxylation sites is 1. The minimum absolute atomic E-state index is 0.0727. The zero-order chi connectivity index (χ0) is 36.0. The molecule has 0 aliphatic carbocycles. The van der Waals surface area contributed by atoms with E-state index in [1.807, 2.05) is 126 Å². The molecule has 0 fully saturated rings. The third-order valence-electron chi connectivity index (χ3n) is 9.04. The first-order valence-corrected chi connectivity index (χ1v) is 17.6. The molecular formula is C43H52N2O5. The number of aryl methyl sites for hydroxylation is 3. The van der Waals surface area contributed by atoms with Crippen LogP contribution in [0.3, 0.4) is 0 Å². The largest absolute Gasteiger partial charge is 0.483 e. The topological polar surface area (TPSA) is 105 Å². The van der Waals surface area contributed by atoms with Gasteiger partial charge in [0.25, 0.3) is 11.8 Å². The lowest BCUT2D eigenvalue weighted by Gasteiger charge is -2.29. The Morgan fingerprint density at radius 2 is 1.28 bits per heavy atom. The van der Waals surface area contributed by atoms with E-state index >= 15 is 0 Å². The van der Waals surface area contributed by atoms with Gasteiger partial charge in [-0.3, -0.25) is 14.4 Å². The van der Waals surface area contributed by atoms with E-state index in [0.717, 1.165) is 27.8 Å². The molecule has 7 nitrogen and oxygen atoms in total. The molecule has 2 amide bonds. The van der Waals surface area contributed by atoms with Crippen LogP contribution in [0.4, 0.5) is 0 Å². The summed E-state index contributed by atoms with van der Waals surface area (Å²) >= 11 is 0. The summed E-state index contributed by atoms with van der Waals surface area (Å²) in [6, 6.07) is 31.6. The summed E-state index contributed by atoms with van der Waals surface area (Å²) in [6.45, 7) is 9.74. The highest BCUT2D eigenvalue weighted by molar-refractivity contribution is 5.98. The molecule has 264 valence electrons. The number of carbonyl (C=O) groups excluding carboxylic acids is 3. The van der Waals surface area contributed by atoms with Gasteiger partial charge in [-0.15, -0.1) is 0 Å². The Morgan fingerprint density at radius 3 is 1.86 bits per heavy atom. The molecule has 0 bridgehead atoms. The molecule has 3 N–H and O–H groups in total. The number of aliphatic hydroxyl groups excluding tert-OH is 1. The zero-order valence-electron chi connectivity index (χ0n) is 30.0. The molecule has 0 radical (unpaired) electrons. The fourth-order valence-corrected chi connectivity index (χ4v) is 6.36. The monoisotopic (exact) mass is 676 g/mol. The van der Waals surface area contributed by atoms with E-state index in [1.54, 1.807) is 12.1 Å². The van der Waals surface area contributed by atoms with Crippen molar-refractivity contribution < 1.29 is 24.2 Å². The SMILES string of the molecule is Cc1ccc(C(=O)N[C@@H](CC(C)C)C(=O)C[C@@H](Cc2ccccc2)[C@@H](O)C[C@H](Cc2ccccc2)NC(=O)COc2c(C)cccc2C)cc1. The van der Waals surface area contributed by atoms with Crippen LogP contribution < -0.4 is 15.4 Å². The number of hydrogen-bond acceptors (Lipinski definition) is 5. The number of hydrogen-bond donors (Lipinski definition) is 3. The molecular weight excluding hydrogens is 624 g/mol. The van der Waals surface area contributed by atoms with Crippen LogP contribution in [0.2, 0.25) is 0 Å². The maximum Gasteiger partial charge on any atom is 0.258 e. The van der Waals surface area contributed by atoms with E-state index in [2.05, 4.69) is 10.6 Å². The van der Waals surface area contributed by atoms with Crippen molar-refractivity contribution in [1.29, 1.82) is 0 Å². The molecule has 0 unspecified atom stereocenters. The predicted molar refractivity (Wildman–Crippen MR) is 199 cm³/mol. The lowest BCUT2D eigenvalue weighted by molar-refractivity contribution is -0.125. The van der Waals surface area contributed by atoms with Gasteiger partial charge in [0, 0.05) is 18.0 Å². The number of benzene rings is 4. The van der Waals surface area contributed by atoms with Crippen LogP contribution in [0.5, 0.6) is 5.75 Å². The highest BCUT2D eigenvalue weighted by Crippen LogP contribution is 2.25. The van der Waals surface area contributed by atoms with E-state index < -0.39 is 24.1 Å². The van der Waals surface area contributed by atoms with E-state index in [-0.39, 0.29) is 43.0 Å². The number of amides is 2.